The molecular formula is C12H21N3. The maximum Gasteiger partial charge on any atom is 0.0602 e. The van der Waals surface area contributed by atoms with E-state index in [1.54, 1.807) is 0 Å². The number of nitrogens with zero attached hydrogens (tertiary/aromatic N) is 2. The van der Waals surface area contributed by atoms with Crippen molar-refractivity contribution in [1.82, 2.24) is 15.1 Å². The summed E-state index contributed by atoms with van der Waals surface area (Å²) in [6.07, 6.45) is 2.72. The lowest BCUT2D eigenvalue weighted by Gasteiger charge is -2.24. The fraction of sp³-hybridized carbons (Fsp3) is 0.833. The van der Waals surface area contributed by atoms with Crippen molar-refractivity contribution in [3.63, 3.8) is 0 Å². The van der Waals surface area contributed by atoms with E-state index < -0.39 is 0 Å². The SMILES string of the molecule is C(#CCN1CCNCC1)CN1CCCC1. The summed E-state index contributed by atoms with van der Waals surface area (Å²) in [5, 5.41) is 3.35. The Kier molecular flexibility index (Phi) is 4.46. The Morgan fingerprint density at radius 1 is 0.800 bits per heavy atom. The lowest BCUT2D eigenvalue weighted by Crippen LogP contribution is -2.43. The second kappa shape index (κ2) is 6.12. The molecule has 2 aliphatic heterocycles. The maximum absolute atomic E-state index is 3.35. The van der Waals surface area contributed by atoms with Gasteiger partial charge in [-0.3, -0.25) is 9.80 Å². The Balaban J connectivity index is 1.61. The zero-order valence-corrected chi connectivity index (χ0v) is 9.47. The van der Waals surface area contributed by atoms with Crippen LogP contribution in [0.4, 0.5) is 0 Å². The topological polar surface area (TPSA) is 18.5 Å². The number of piperazine rings is 1. The zero-order chi connectivity index (χ0) is 10.3. The highest BCUT2D eigenvalue weighted by molar-refractivity contribution is 5.04. The molecule has 0 saturated carbocycles. The Bertz CT molecular complexity index is 229. The van der Waals surface area contributed by atoms with Crippen LogP contribution in [0.5, 0.6) is 0 Å². The number of rotatable bonds is 2. The van der Waals surface area contributed by atoms with Crippen molar-refractivity contribution in [3.8, 4) is 11.8 Å². The van der Waals surface area contributed by atoms with E-state index in [0.717, 1.165) is 39.3 Å². The minimum absolute atomic E-state index is 0.954. The number of hydrogen-bond acceptors (Lipinski definition) is 3. The van der Waals surface area contributed by atoms with E-state index in [-0.39, 0.29) is 0 Å². The molecule has 0 bridgehead atoms. The lowest BCUT2D eigenvalue weighted by molar-refractivity contribution is 0.268. The Labute approximate surface area is 92.8 Å². The normalized spacial score (nSPS) is 23.7. The van der Waals surface area contributed by atoms with Crippen molar-refractivity contribution in [2.45, 2.75) is 12.8 Å². The highest BCUT2D eigenvalue weighted by Crippen LogP contribution is 2.05. The van der Waals surface area contributed by atoms with Crippen LogP contribution in [-0.2, 0) is 0 Å². The molecule has 3 nitrogen and oxygen atoms in total. The molecule has 1 N–H and O–H groups in total. The van der Waals surface area contributed by atoms with Crippen LogP contribution in [0, 0.1) is 11.8 Å². The molecule has 84 valence electrons. The summed E-state index contributed by atoms with van der Waals surface area (Å²) in [6, 6.07) is 0. The van der Waals surface area contributed by atoms with E-state index in [1.807, 2.05) is 0 Å². The van der Waals surface area contributed by atoms with Gasteiger partial charge in [-0.25, -0.2) is 0 Å². The molecule has 0 unspecified atom stereocenters. The molecule has 0 aromatic carbocycles. The standard InChI is InChI=1S/C12H21N3/c1-2-8-14(7-1)9-3-4-10-15-11-5-13-6-12-15/h13H,1-2,5-12H2. The van der Waals surface area contributed by atoms with Gasteiger partial charge in [0.15, 0.2) is 0 Å². The Morgan fingerprint density at radius 2 is 1.33 bits per heavy atom. The van der Waals surface area contributed by atoms with E-state index in [2.05, 4.69) is 27.0 Å². The van der Waals surface area contributed by atoms with Crippen molar-refractivity contribution in [2.24, 2.45) is 0 Å². The third kappa shape index (κ3) is 3.83. The van der Waals surface area contributed by atoms with Crippen molar-refractivity contribution >= 4 is 0 Å². The van der Waals surface area contributed by atoms with Crippen molar-refractivity contribution in [3.05, 3.63) is 0 Å². The van der Waals surface area contributed by atoms with Gasteiger partial charge in [-0.05, 0) is 25.9 Å². The second-order valence-corrected chi connectivity index (χ2v) is 4.36. The predicted octanol–water partition coefficient (Wildman–Crippen LogP) is -0.00920. The summed E-state index contributed by atoms with van der Waals surface area (Å²) >= 11 is 0. The zero-order valence-electron chi connectivity index (χ0n) is 9.47. The summed E-state index contributed by atoms with van der Waals surface area (Å²) in [4.78, 5) is 4.87. The summed E-state index contributed by atoms with van der Waals surface area (Å²) in [6.45, 7) is 8.98. The monoisotopic (exact) mass is 207 g/mol. The first kappa shape index (κ1) is 10.9. The molecule has 0 amide bonds. The van der Waals surface area contributed by atoms with Gasteiger partial charge in [0.1, 0.15) is 0 Å². The van der Waals surface area contributed by atoms with Gasteiger partial charge < -0.3 is 5.32 Å². The average Bonchev–Trinajstić information content (AvgIpc) is 2.79. The third-order valence-corrected chi connectivity index (χ3v) is 3.14. The summed E-state index contributed by atoms with van der Waals surface area (Å²) in [7, 11) is 0. The smallest absolute Gasteiger partial charge is 0.0602 e. The predicted molar refractivity (Wildman–Crippen MR) is 62.8 cm³/mol. The van der Waals surface area contributed by atoms with E-state index in [4.69, 9.17) is 0 Å². The van der Waals surface area contributed by atoms with E-state index in [9.17, 15) is 0 Å². The van der Waals surface area contributed by atoms with Gasteiger partial charge in [-0.15, -0.1) is 0 Å². The van der Waals surface area contributed by atoms with Gasteiger partial charge in [-0.1, -0.05) is 11.8 Å². The number of likely N-dealkylation sites (tertiary alicyclic amines) is 1. The largest absolute Gasteiger partial charge is 0.314 e. The molecule has 2 aliphatic rings. The first-order valence-corrected chi connectivity index (χ1v) is 6.06. The summed E-state index contributed by atoms with van der Waals surface area (Å²) < 4.78 is 0. The fourth-order valence-electron chi connectivity index (χ4n) is 2.15. The Hall–Kier alpha value is -0.560. The molecule has 2 rings (SSSR count). The van der Waals surface area contributed by atoms with Crippen LogP contribution < -0.4 is 5.32 Å². The minimum atomic E-state index is 0.954. The van der Waals surface area contributed by atoms with E-state index >= 15 is 0 Å². The molecule has 0 spiro atoms. The number of hydrogen-bond donors (Lipinski definition) is 1. The number of nitrogens with one attached hydrogen (secondary N) is 1. The van der Waals surface area contributed by atoms with Crippen molar-refractivity contribution < 1.29 is 0 Å². The first-order valence-electron chi connectivity index (χ1n) is 6.06. The van der Waals surface area contributed by atoms with Crippen LogP contribution in [-0.4, -0.2) is 62.2 Å². The second-order valence-electron chi connectivity index (χ2n) is 4.36. The molecular weight excluding hydrogens is 186 g/mol. The molecule has 0 aromatic heterocycles. The van der Waals surface area contributed by atoms with Crippen LogP contribution >= 0.6 is 0 Å². The highest BCUT2D eigenvalue weighted by atomic mass is 15.2. The Morgan fingerprint density at radius 3 is 1.93 bits per heavy atom. The first-order chi connectivity index (χ1) is 7.45. The lowest BCUT2D eigenvalue weighted by atomic mass is 10.3. The molecule has 0 aliphatic carbocycles. The molecule has 2 fully saturated rings. The van der Waals surface area contributed by atoms with Gasteiger partial charge >= 0.3 is 0 Å². The summed E-state index contributed by atoms with van der Waals surface area (Å²) in [5.41, 5.74) is 0. The van der Waals surface area contributed by atoms with Gasteiger partial charge in [0.25, 0.3) is 0 Å². The molecule has 2 heterocycles. The molecule has 0 radical (unpaired) electrons. The molecule has 0 atom stereocenters. The molecule has 0 aromatic rings. The van der Waals surface area contributed by atoms with Crippen LogP contribution in [0.25, 0.3) is 0 Å². The highest BCUT2D eigenvalue weighted by Gasteiger charge is 2.09. The maximum atomic E-state index is 3.35. The molecule has 3 heteroatoms. The fourth-order valence-corrected chi connectivity index (χ4v) is 2.15. The van der Waals surface area contributed by atoms with Gasteiger partial charge in [0.05, 0.1) is 13.1 Å². The molecule has 2 saturated heterocycles. The van der Waals surface area contributed by atoms with Crippen LogP contribution in [0.15, 0.2) is 0 Å². The van der Waals surface area contributed by atoms with Gasteiger partial charge in [0.2, 0.25) is 0 Å². The van der Waals surface area contributed by atoms with E-state index in [1.165, 1.54) is 25.9 Å². The van der Waals surface area contributed by atoms with Crippen LogP contribution in [0.1, 0.15) is 12.8 Å². The summed E-state index contributed by atoms with van der Waals surface area (Å²) in [5.74, 6) is 6.58. The van der Waals surface area contributed by atoms with Crippen molar-refractivity contribution in [2.75, 3.05) is 52.4 Å². The van der Waals surface area contributed by atoms with Crippen LogP contribution in [0.2, 0.25) is 0 Å². The third-order valence-electron chi connectivity index (χ3n) is 3.14. The van der Waals surface area contributed by atoms with Gasteiger partial charge in [-0.2, -0.15) is 0 Å². The van der Waals surface area contributed by atoms with Crippen molar-refractivity contribution in [1.29, 1.82) is 0 Å². The van der Waals surface area contributed by atoms with Crippen LogP contribution in [0.3, 0.4) is 0 Å². The average molecular weight is 207 g/mol. The minimum Gasteiger partial charge on any atom is -0.314 e. The molecule has 15 heavy (non-hydrogen) atoms. The quantitative estimate of drug-likeness (QED) is 0.643. The van der Waals surface area contributed by atoms with E-state index in [0.29, 0.717) is 0 Å². The van der Waals surface area contributed by atoms with Gasteiger partial charge in [0, 0.05) is 26.2 Å².